The normalized spacial score (nSPS) is 25.2. The number of ether oxygens (including phenoxy) is 1. The molecule has 1 aromatic carbocycles. The van der Waals surface area contributed by atoms with Crippen LogP contribution in [-0.4, -0.2) is 42.4 Å². The van der Waals surface area contributed by atoms with Crippen LogP contribution in [0.2, 0.25) is 0 Å². The molecule has 2 aliphatic heterocycles. The lowest BCUT2D eigenvalue weighted by atomic mass is 10.1. The second kappa shape index (κ2) is 6.70. The van der Waals surface area contributed by atoms with Gasteiger partial charge in [-0.15, -0.1) is 11.3 Å². The van der Waals surface area contributed by atoms with E-state index in [0.717, 1.165) is 36.0 Å². The maximum Gasteiger partial charge on any atom is 0.154 e. The Hall–Kier alpha value is -1.44. The van der Waals surface area contributed by atoms with Gasteiger partial charge in [0.25, 0.3) is 0 Å². The van der Waals surface area contributed by atoms with E-state index in [4.69, 9.17) is 4.74 Å². The predicted molar refractivity (Wildman–Crippen MR) is 98.6 cm³/mol. The number of nitrogens with zero attached hydrogens (tertiary/aromatic N) is 2. The fraction of sp³-hybridized carbons (Fsp3) is 0.500. The summed E-state index contributed by atoms with van der Waals surface area (Å²) < 4.78 is 29.8. The van der Waals surface area contributed by atoms with Gasteiger partial charge in [0.15, 0.2) is 9.84 Å². The summed E-state index contributed by atoms with van der Waals surface area (Å²) in [5, 5.41) is 2.92. The lowest BCUT2D eigenvalue weighted by molar-refractivity contribution is 0.300. The average molecular weight is 379 g/mol. The van der Waals surface area contributed by atoms with Crippen LogP contribution in [-0.2, 0) is 23.0 Å². The summed E-state index contributed by atoms with van der Waals surface area (Å²) in [5.41, 5.74) is 2.14. The number of hydrogen-bond acceptors (Lipinski definition) is 6. The zero-order chi connectivity index (χ0) is 17.4. The molecule has 0 spiro atoms. The van der Waals surface area contributed by atoms with E-state index in [0.29, 0.717) is 24.8 Å². The van der Waals surface area contributed by atoms with E-state index in [1.54, 1.807) is 11.3 Å². The van der Waals surface area contributed by atoms with E-state index in [2.05, 4.69) is 22.0 Å². The molecule has 2 fully saturated rings. The van der Waals surface area contributed by atoms with Gasteiger partial charge < -0.3 is 4.74 Å². The first kappa shape index (κ1) is 17.0. The van der Waals surface area contributed by atoms with Crippen molar-refractivity contribution < 1.29 is 13.2 Å². The van der Waals surface area contributed by atoms with Gasteiger partial charge in [0.1, 0.15) is 12.4 Å². The molecular weight excluding hydrogens is 356 g/mol. The number of rotatable bonds is 5. The summed E-state index contributed by atoms with van der Waals surface area (Å²) in [6.45, 7) is 4.84. The first-order chi connectivity index (χ1) is 12.0. The molecule has 4 rings (SSSR count). The van der Waals surface area contributed by atoms with Crippen molar-refractivity contribution in [1.82, 2.24) is 9.88 Å². The van der Waals surface area contributed by atoms with Crippen molar-refractivity contribution in [3.8, 4) is 5.75 Å². The maximum atomic E-state index is 12.0. The molecule has 7 heteroatoms. The molecule has 0 saturated carbocycles. The van der Waals surface area contributed by atoms with Crippen molar-refractivity contribution in [2.45, 2.75) is 31.7 Å². The predicted octanol–water partition coefficient (Wildman–Crippen LogP) is 2.65. The van der Waals surface area contributed by atoms with E-state index in [1.807, 2.05) is 24.4 Å². The summed E-state index contributed by atoms with van der Waals surface area (Å²) in [6.07, 6.45) is 0.826. The van der Waals surface area contributed by atoms with Crippen LogP contribution in [0.25, 0.3) is 0 Å². The first-order valence-electron chi connectivity index (χ1n) is 8.56. The van der Waals surface area contributed by atoms with Crippen LogP contribution in [0.15, 0.2) is 29.6 Å². The Morgan fingerprint density at radius 3 is 2.76 bits per heavy atom. The first-order valence-corrected chi connectivity index (χ1v) is 11.2. The number of fused-ring (bicyclic) bond motifs is 1. The van der Waals surface area contributed by atoms with E-state index in [-0.39, 0.29) is 5.25 Å². The van der Waals surface area contributed by atoms with Gasteiger partial charge in [-0.2, -0.15) is 0 Å². The van der Waals surface area contributed by atoms with Crippen LogP contribution < -0.4 is 4.74 Å². The second-order valence-corrected chi connectivity index (χ2v) is 10.3. The minimum Gasteiger partial charge on any atom is -0.487 e. The van der Waals surface area contributed by atoms with Crippen molar-refractivity contribution in [2.24, 2.45) is 5.92 Å². The van der Waals surface area contributed by atoms with Gasteiger partial charge >= 0.3 is 0 Å². The highest BCUT2D eigenvalue weighted by Gasteiger charge is 2.45. The largest absolute Gasteiger partial charge is 0.487 e. The van der Waals surface area contributed by atoms with Crippen molar-refractivity contribution in [3.05, 3.63) is 45.9 Å². The van der Waals surface area contributed by atoms with E-state index >= 15 is 0 Å². The standard InChI is InChI=1S/C18H22N2O3S2/c1-13-19-16(12-24-13)11-23-17-4-2-14(3-5-17)8-20-9-15-6-7-25(21,22)18(15)10-20/h2-5,12,15,18H,6-11H2,1H3/t15-,18+/m0/s1. The van der Waals surface area contributed by atoms with Gasteiger partial charge in [-0.05, 0) is 37.0 Å². The third-order valence-corrected chi connectivity index (χ3v) is 8.16. The molecule has 25 heavy (non-hydrogen) atoms. The third-order valence-electron chi connectivity index (χ3n) is 5.07. The van der Waals surface area contributed by atoms with Gasteiger partial charge in [0.2, 0.25) is 0 Å². The van der Waals surface area contributed by atoms with Crippen LogP contribution >= 0.6 is 11.3 Å². The van der Waals surface area contributed by atoms with Crippen LogP contribution in [0, 0.1) is 12.8 Å². The molecular formula is C18H22N2O3S2. The van der Waals surface area contributed by atoms with Crippen molar-refractivity contribution in [2.75, 3.05) is 18.8 Å². The number of aromatic nitrogens is 1. The molecule has 2 aliphatic rings. The fourth-order valence-corrected chi connectivity index (χ4v) is 6.57. The molecule has 0 bridgehead atoms. The highest BCUT2D eigenvalue weighted by Crippen LogP contribution is 2.34. The van der Waals surface area contributed by atoms with Crippen molar-refractivity contribution in [1.29, 1.82) is 0 Å². The molecule has 2 atom stereocenters. The Balaban J connectivity index is 1.32. The van der Waals surface area contributed by atoms with E-state index < -0.39 is 9.84 Å². The number of likely N-dealkylation sites (tertiary alicyclic amines) is 1. The number of aryl methyl sites for hydroxylation is 1. The average Bonchev–Trinajstić information content (AvgIpc) is 3.25. The van der Waals surface area contributed by atoms with Crippen LogP contribution in [0.1, 0.15) is 22.7 Å². The third kappa shape index (κ3) is 3.73. The van der Waals surface area contributed by atoms with Gasteiger partial charge in [0, 0.05) is 25.0 Å². The highest BCUT2D eigenvalue weighted by atomic mass is 32.2. The van der Waals surface area contributed by atoms with E-state index in [1.165, 1.54) is 5.56 Å². The number of benzene rings is 1. The number of thiazole rings is 1. The number of hydrogen-bond donors (Lipinski definition) is 0. The smallest absolute Gasteiger partial charge is 0.154 e. The molecule has 0 aliphatic carbocycles. The lowest BCUT2D eigenvalue weighted by Gasteiger charge is -2.17. The zero-order valence-corrected chi connectivity index (χ0v) is 15.9. The molecule has 0 radical (unpaired) electrons. The topological polar surface area (TPSA) is 59.5 Å². The summed E-state index contributed by atoms with van der Waals surface area (Å²) in [5.74, 6) is 1.53. The van der Waals surface area contributed by atoms with Crippen LogP contribution in [0.3, 0.4) is 0 Å². The van der Waals surface area contributed by atoms with Gasteiger partial charge in [-0.3, -0.25) is 4.90 Å². The molecule has 2 saturated heterocycles. The highest BCUT2D eigenvalue weighted by molar-refractivity contribution is 7.92. The number of sulfone groups is 1. The minimum absolute atomic E-state index is 0.142. The molecule has 1 aromatic heterocycles. The fourth-order valence-electron chi connectivity index (χ4n) is 3.79. The molecule has 3 heterocycles. The quantitative estimate of drug-likeness (QED) is 0.801. The summed E-state index contributed by atoms with van der Waals surface area (Å²) in [6, 6.07) is 8.07. The minimum atomic E-state index is -2.85. The van der Waals surface area contributed by atoms with Gasteiger partial charge in [0.05, 0.1) is 21.7 Å². The van der Waals surface area contributed by atoms with Gasteiger partial charge in [-0.25, -0.2) is 13.4 Å². The molecule has 0 amide bonds. The molecule has 0 N–H and O–H groups in total. The molecule has 5 nitrogen and oxygen atoms in total. The Kier molecular flexibility index (Phi) is 4.56. The maximum absolute atomic E-state index is 12.0. The van der Waals surface area contributed by atoms with Gasteiger partial charge in [-0.1, -0.05) is 12.1 Å². The monoisotopic (exact) mass is 378 g/mol. The lowest BCUT2D eigenvalue weighted by Crippen LogP contribution is -2.26. The zero-order valence-electron chi connectivity index (χ0n) is 14.2. The Morgan fingerprint density at radius 1 is 1.28 bits per heavy atom. The molecule has 134 valence electrons. The summed E-state index contributed by atoms with van der Waals surface area (Å²) in [7, 11) is -2.85. The van der Waals surface area contributed by atoms with Crippen LogP contribution in [0.4, 0.5) is 0 Å². The molecule has 0 unspecified atom stereocenters. The summed E-state index contributed by atoms with van der Waals surface area (Å²) in [4.78, 5) is 6.65. The Bertz CT molecular complexity index is 845. The Morgan fingerprint density at radius 2 is 2.08 bits per heavy atom. The SMILES string of the molecule is Cc1nc(COc2ccc(CN3C[C@@H]4CCS(=O)(=O)[C@@H]4C3)cc2)cs1. The van der Waals surface area contributed by atoms with Crippen LogP contribution in [0.5, 0.6) is 5.75 Å². The molecule has 2 aromatic rings. The summed E-state index contributed by atoms with van der Waals surface area (Å²) >= 11 is 1.63. The second-order valence-electron chi connectivity index (χ2n) is 6.94. The van der Waals surface area contributed by atoms with Crippen molar-refractivity contribution >= 4 is 21.2 Å². The van der Waals surface area contributed by atoms with E-state index in [9.17, 15) is 8.42 Å². The van der Waals surface area contributed by atoms with Crippen molar-refractivity contribution in [3.63, 3.8) is 0 Å². The Labute approximate surface area is 152 Å².